The van der Waals surface area contributed by atoms with Crippen LogP contribution in [0.3, 0.4) is 0 Å². The molecule has 0 aromatic heterocycles. The van der Waals surface area contributed by atoms with Crippen molar-refractivity contribution in [2.75, 3.05) is 13.1 Å². The van der Waals surface area contributed by atoms with Crippen molar-refractivity contribution in [1.82, 2.24) is 4.90 Å². The maximum atomic E-state index is 13.9. The zero-order valence-corrected chi connectivity index (χ0v) is 10.8. The first-order valence-electron chi connectivity index (χ1n) is 6.05. The summed E-state index contributed by atoms with van der Waals surface area (Å²) < 4.78 is 13.9. The second-order valence-electron chi connectivity index (χ2n) is 4.68. The monoisotopic (exact) mass is 256 g/mol. The van der Waals surface area contributed by atoms with E-state index in [1.165, 1.54) is 6.07 Å². The highest BCUT2D eigenvalue weighted by Gasteiger charge is 2.30. The Labute approximate surface area is 107 Å². The average Bonchev–Trinajstić information content (AvgIpc) is 2.76. The van der Waals surface area contributed by atoms with Gasteiger partial charge in [-0.05, 0) is 45.0 Å². The quantitative estimate of drug-likeness (QED) is 0.901. The Morgan fingerprint density at radius 3 is 2.53 bits per heavy atom. The Balaban J connectivity index is 2.38. The number of hydrogen-bond acceptors (Lipinski definition) is 2. The molecule has 0 bridgehead atoms. The third kappa shape index (κ3) is 2.62. The van der Waals surface area contributed by atoms with Crippen LogP contribution < -0.4 is 5.73 Å². The first-order valence-corrected chi connectivity index (χ1v) is 6.42. The van der Waals surface area contributed by atoms with Gasteiger partial charge >= 0.3 is 0 Å². The van der Waals surface area contributed by atoms with Crippen LogP contribution in [0.15, 0.2) is 18.2 Å². The van der Waals surface area contributed by atoms with Crippen molar-refractivity contribution in [2.24, 2.45) is 5.73 Å². The molecule has 2 unspecified atom stereocenters. The molecule has 1 aromatic carbocycles. The molecule has 17 heavy (non-hydrogen) atoms. The maximum absolute atomic E-state index is 13.9. The summed E-state index contributed by atoms with van der Waals surface area (Å²) in [7, 11) is 0. The summed E-state index contributed by atoms with van der Waals surface area (Å²) in [6.07, 6.45) is 2.30. The molecule has 0 saturated carbocycles. The predicted molar refractivity (Wildman–Crippen MR) is 68.6 cm³/mol. The lowest BCUT2D eigenvalue weighted by molar-refractivity contribution is 0.214. The molecule has 2 nitrogen and oxygen atoms in total. The smallest absolute Gasteiger partial charge is 0.129 e. The van der Waals surface area contributed by atoms with Gasteiger partial charge < -0.3 is 5.73 Å². The molecule has 0 radical (unpaired) electrons. The van der Waals surface area contributed by atoms with Gasteiger partial charge in [0, 0.05) is 16.6 Å². The molecule has 1 fully saturated rings. The molecule has 1 aromatic rings. The number of nitrogens with zero attached hydrogens (tertiary/aromatic N) is 1. The summed E-state index contributed by atoms with van der Waals surface area (Å²) >= 11 is 6.12. The van der Waals surface area contributed by atoms with Crippen molar-refractivity contribution in [3.8, 4) is 0 Å². The molecule has 0 amide bonds. The Bertz CT molecular complexity index is 369. The molecule has 1 aliphatic heterocycles. The number of hydrogen-bond donors (Lipinski definition) is 1. The molecule has 1 saturated heterocycles. The molecule has 1 heterocycles. The van der Waals surface area contributed by atoms with Crippen LogP contribution in [0.5, 0.6) is 0 Å². The van der Waals surface area contributed by atoms with Crippen molar-refractivity contribution < 1.29 is 4.39 Å². The summed E-state index contributed by atoms with van der Waals surface area (Å²) in [5, 5.41) is 0.471. The molecular weight excluding hydrogens is 239 g/mol. The minimum atomic E-state index is -0.258. The largest absolute Gasteiger partial charge is 0.326 e. The van der Waals surface area contributed by atoms with E-state index >= 15 is 0 Å². The normalized spacial score (nSPS) is 20.5. The van der Waals surface area contributed by atoms with Crippen LogP contribution in [-0.4, -0.2) is 24.0 Å². The maximum Gasteiger partial charge on any atom is 0.129 e. The second-order valence-corrected chi connectivity index (χ2v) is 5.09. The van der Waals surface area contributed by atoms with Gasteiger partial charge in [-0.2, -0.15) is 0 Å². The topological polar surface area (TPSA) is 29.3 Å². The minimum absolute atomic E-state index is 0.119. The third-order valence-electron chi connectivity index (χ3n) is 3.33. The molecule has 0 spiro atoms. The Morgan fingerprint density at radius 2 is 2.00 bits per heavy atom. The van der Waals surface area contributed by atoms with Gasteiger partial charge in [-0.1, -0.05) is 17.7 Å². The number of benzene rings is 1. The third-order valence-corrected chi connectivity index (χ3v) is 3.66. The van der Waals surface area contributed by atoms with Gasteiger partial charge in [0.05, 0.1) is 6.04 Å². The lowest BCUT2D eigenvalue weighted by Gasteiger charge is -2.31. The van der Waals surface area contributed by atoms with Gasteiger partial charge in [-0.3, -0.25) is 4.90 Å². The Kier molecular flexibility index (Phi) is 4.02. The van der Waals surface area contributed by atoms with Crippen LogP contribution >= 0.6 is 11.6 Å². The van der Waals surface area contributed by atoms with Crippen LogP contribution in [0.1, 0.15) is 31.4 Å². The summed E-state index contributed by atoms with van der Waals surface area (Å²) in [5.41, 5.74) is 6.57. The van der Waals surface area contributed by atoms with Gasteiger partial charge in [-0.25, -0.2) is 4.39 Å². The molecular formula is C13H18ClFN2. The van der Waals surface area contributed by atoms with Crippen LogP contribution in [0.25, 0.3) is 0 Å². The van der Waals surface area contributed by atoms with Crippen molar-refractivity contribution >= 4 is 11.6 Å². The first kappa shape index (κ1) is 12.8. The van der Waals surface area contributed by atoms with Crippen LogP contribution in [0.4, 0.5) is 4.39 Å². The summed E-state index contributed by atoms with van der Waals surface area (Å²) in [6.45, 7) is 3.85. The SMILES string of the molecule is CC(N)C(c1c(F)cccc1Cl)N1CCCC1. The fraction of sp³-hybridized carbons (Fsp3) is 0.538. The van der Waals surface area contributed by atoms with E-state index < -0.39 is 0 Å². The van der Waals surface area contributed by atoms with Crippen molar-refractivity contribution in [3.63, 3.8) is 0 Å². The van der Waals surface area contributed by atoms with Gasteiger partial charge in [0.25, 0.3) is 0 Å². The molecule has 1 aliphatic rings. The Morgan fingerprint density at radius 1 is 1.35 bits per heavy atom. The van der Waals surface area contributed by atoms with E-state index in [1.807, 2.05) is 6.92 Å². The fourth-order valence-electron chi connectivity index (χ4n) is 2.59. The molecule has 2 rings (SSSR count). The van der Waals surface area contributed by atoms with E-state index in [2.05, 4.69) is 4.90 Å². The molecule has 2 atom stereocenters. The van der Waals surface area contributed by atoms with E-state index in [1.54, 1.807) is 12.1 Å². The number of likely N-dealkylation sites (tertiary alicyclic amines) is 1. The van der Waals surface area contributed by atoms with Crippen LogP contribution in [0.2, 0.25) is 5.02 Å². The zero-order chi connectivity index (χ0) is 12.4. The lowest BCUT2D eigenvalue weighted by atomic mass is 9.99. The molecule has 2 N–H and O–H groups in total. The van der Waals surface area contributed by atoms with Crippen molar-refractivity contribution in [3.05, 3.63) is 34.6 Å². The summed E-state index contributed by atoms with van der Waals surface area (Å²) in [5.74, 6) is -0.258. The molecule has 4 heteroatoms. The van der Waals surface area contributed by atoms with E-state index in [0.717, 1.165) is 25.9 Å². The van der Waals surface area contributed by atoms with E-state index in [0.29, 0.717) is 10.6 Å². The molecule has 94 valence electrons. The average molecular weight is 257 g/mol. The van der Waals surface area contributed by atoms with Gasteiger partial charge in [0.15, 0.2) is 0 Å². The van der Waals surface area contributed by atoms with Crippen LogP contribution in [-0.2, 0) is 0 Å². The van der Waals surface area contributed by atoms with E-state index in [-0.39, 0.29) is 17.9 Å². The Hall–Kier alpha value is -0.640. The van der Waals surface area contributed by atoms with Crippen LogP contribution in [0, 0.1) is 5.82 Å². The van der Waals surface area contributed by atoms with Crippen molar-refractivity contribution in [1.29, 1.82) is 0 Å². The fourth-order valence-corrected chi connectivity index (χ4v) is 2.87. The number of halogens is 2. The standard InChI is InChI=1S/C13H18ClFN2/c1-9(16)13(17-7-2-3-8-17)12-10(14)5-4-6-11(12)15/h4-6,9,13H,2-3,7-8,16H2,1H3. The lowest BCUT2D eigenvalue weighted by Crippen LogP contribution is -2.38. The number of nitrogens with two attached hydrogens (primary N) is 1. The van der Waals surface area contributed by atoms with E-state index in [9.17, 15) is 4.39 Å². The minimum Gasteiger partial charge on any atom is -0.326 e. The van der Waals surface area contributed by atoms with Gasteiger partial charge in [0.2, 0.25) is 0 Å². The van der Waals surface area contributed by atoms with Gasteiger partial charge in [-0.15, -0.1) is 0 Å². The molecule has 0 aliphatic carbocycles. The second kappa shape index (κ2) is 5.34. The van der Waals surface area contributed by atoms with Crippen molar-refractivity contribution in [2.45, 2.75) is 31.8 Å². The van der Waals surface area contributed by atoms with E-state index in [4.69, 9.17) is 17.3 Å². The van der Waals surface area contributed by atoms with Gasteiger partial charge in [0.1, 0.15) is 5.82 Å². The first-order chi connectivity index (χ1) is 8.11. The highest BCUT2D eigenvalue weighted by atomic mass is 35.5. The number of rotatable bonds is 3. The summed E-state index contributed by atoms with van der Waals surface area (Å²) in [4.78, 5) is 2.23. The highest BCUT2D eigenvalue weighted by molar-refractivity contribution is 6.31. The predicted octanol–water partition coefficient (Wildman–Crippen LogP) is 2.96. The highest BCUT2D eigenvalue weighted by Crippen LogP contribution is 2.33. The zero-order valence-electron chi connectivity index (χ0n) is 10.00. The summed E-state index contributed by atoms with van der Waals surface area (Å²) in [6, 6.07) is 4.55.